The van der Waals surface area contributed by atoms with Gasteiger partial charge in [-0.3, -0.25) is 9.59 Å². The molecule has 1 heterocycles. The molecule has 0 radical (unpaired) electrons. The maximum atomic E-state index is 12.9. The Labute approximate surface area is 195 Å². The standard InChI is InChI=1S/C25H37NO7/c1-6-25(4,5)24(28)32-21-12-15(2)11-17-8-7-16(3)20(23(17)21)10-9-18-13-19(33-26(29)30)14-22(27)31-18/h7-8,11,15-16,18-21,23H,6,9-10,12-14H2,1-5H3/t15-,16-,18+,19+,20-,21-,23-/m0/s1. The van der Waals surface area contributed by atoms with Crippen molar-refractivity contribution in [3.63, 3.8) is 0 Å². The van der Waals surface area contributed by atoms with Crippen LogP contribution in [-0.2, 0) is 23.9 Å². The van der Waals surface area contributed by atoms with Gasteiger partial charge < -0.3 is 14.3 Å². The van der Waals surface area contributed by atoms with Crippen LogP contribution in [0.2, 0.25) is 0 Å². The Bertz CT molecular complexity index is 816. The maximum Gasteiger partial charge on any atom is 0.311 e. The van der Waals surface area contributed by atoms with Gasteiger partial charge in [0.1, 0.15) is 18.3 Å². The van der Waals surface area contributed by atoms with Crippen molar-refractivity contribution >= 4 is 11.9 Å². The monoisotopic (exact) mass is 463 g/mol. The molecule has 0 aromatic heterocycles. The SMILES string of the molecule is CCC(C)(C)C(=O)O[C@H]1C[C@@H](C)C=C2C=C[C@H](C)[C@H](CC[C@@H]3C[C@@H](O[N+](=O)[O-])CC(=O)O3)[C@H]21. The number of cyclic esters (lactones) is 1. The summed E-state index contributed by atoms with van der Waals surface area (Å²) in [5.41, 5.74) is 0.678. The van der Waals surface area contributed by atoms with Crippen LogP contribution in [0.5, 0.6) is 0 Å². The number of fused-ring (bicyclic) bond motifs is 1. The van der Waals surface area contributed by atoms with Crippen molar-refractivity contribution in [3.8, 4) is 0 Å². The lowest BCUT2D eigenvalue weighted by atomic mass is 9.65. The van der Waals surface area contributed by atoms with Gasteiger partial charge in [0.25, 0.3) is 5.09 Å². The molecule has 3 rings (SSSR count). The Balaban J connectivity index is 1.74. The van der Waals surface area contributed by atoms with Gasteiger partial charge in [0.2, 0.25) is 0 Å². The summed E-state index contributed by atoms with van der Waals surface area (Å²) in [7, 11) is 0. The molecule has 0 unspecified atom stereocenters. The number of allylic oxidation sites excluding steroid dienone is 3. The normalized spacial score (nSPS) is 34.0. The van der Waals surface area contributed by atoms with E-state index in [4.69, 9.17) is 9.47 Å². The number of hydrogen-bond acceptors (Lipinski definition) is 7. The molecule has 2 aliphatic carbocycles. The number of esters is 2. The topological polar surface area (TPSA) is 105 Å². The fourth-order valence-corrected chi connectivity index (χ4v) is 5.26. The van der Waals surface area contributed by atoms with Gasteiger partial charge >= 0.3 is 11.9 Å². The molecule has 8 nitrogen and oxygen atoms in total. The predicted octanol–water partition coefficient (Wildman–Crippen LogP) is 4.80. The molecule has 1 aliphatic heterocycles. The van der Waals surface area contributed by atoms with Crippen LogP contribution in [0.3, 0.4) is 0 Å². The van der Waals surface area contributed by atoms with E-state index in [0.29, 0.717) is 25.2 Å². The van der Waals surface area contributed by atoms with Crippen molar-refractivity contribution in [1.29, 1.82) is 0 Å². The first-order valence-electron chi connectivity index (χ1n) is 12.1. The summed E-state index contributed by atoms with van der Waals surface area (Å²) in [4.78, 5) is 40.2. The molecule has 0 aromatic rings. The van der Waals surface area contributed by atoms with E-state index >= 15 is 0 Å². The molecule has 1 saturated heterocycles. The highest BCUT2D eigenvalue weighted by molar-refractivity contribution is 5.76. The molecule has 0 bridgehead atoms. The molecular formula is C25H37NO7. The van der Waals surface area contributed by atoms with Gasteiger partial charge in [-0.1, -0.05) is 39.0 Å². The zero-order chi connectivity index (χ0) is 24.3. The van der Waals surface area contributed by atoms with Crippen molar-refractivity contribution in [3.05, 3.63) is 33.9 Å². The summed E-state index contributed by atoms with van der Waals surface area (Å²) in [5, 5.41) is 9.86. The van der Waals surface area contributed by atoms with E-state index in [-0.39, 0.29) is 36.2 Å². The van der Waals surface area contributed by atoms with E-state index in [1.807, 2.05) is 20.8 Å². The molecule has 0 spiro atoms. The fourth-order valence-electron chi connectivity index (χ4n) is 5.26. The molecule has 7 atom stereocenters. The number of carbonyl (C=O) groups is 2. The maximum absolute atomic E-state index is 12.9. The predicted molar refractivity (Wildman–Crippen MR) is 121 cm³/mol. The van der Waals surface area contributed by atoms with Gasteiger partial charge in [0.05, 0.1) is 11.8 Å². The van der Waals surface area contributed by atoms with Crippen LogP contribution in [-0.4, -0.2) is 35.3 Å². The van der Waals surface area contributed by atoms with Crippen molar-refractivity contribution in [2.75, 3.05) is 0 Å². The highest BCUT2D eigenvalue weighted by Gasteiger charge is 2.43. The van der Waals surface area contributed by atoms with Gasteiger partial charge in [0.15, 0.2) is 0 Å². The van der Waals surface area contributed by atoms with Crippen LogP contribution in [0.4, 0.5) is 0 Å². The number of carbonyl (C=O) groups excluding carboxylic acids is 2. The average molecular weight is 464 g/mol. The first kappa shape index (κ1) is 25.2. The number of hydrogen-bond donors (Lipinski definition) is 0. The molecule has 0 amide bonds. The molecule has 184 valence electrons. The third-order valence-electron chi connectivity index (χ3n) is 7.57. The van der Waals surface area contributed by atoms with Gasteiger partial charge in [-0.25, -0.2) is 0 Å². The summed E-state index contributed by atoms with van der Waals surface area (Å²) < 4.78 is 11.6. The summed E-state index contributed by atoms with van der Waals surface area (Å²) in [5.74, 6) is 0.262. The van der Waals surface area contributed by atoms with E-state index in [1.165, 1.54) is 5.57 Å². The second-order valence-electron chi connectivity index (χ2n) is 10.5. The Kier molecular flexibility index (Phi) is 7.85. The highest BCUT2D eigenvalue weighted by Crippen LogP contribution is 2.45. The molecule has 33 heavy (non-hydrogen) atoms. The van der Waals surface area contributed by atoms with Crippen molar-refractivity contribution in [1.82, 2.24) is 0 Å². The largest absolute Gasteiger partial charge is 0.462 e. The van der Waals surface area contributed by atoms with Crippen molar-refractivity contribution < 1.29 is 29.0 Å². The van der Waals surface area contributed by atoms with Gasteiger partial charge in [0, 0.05) is 12.3 Å². The lowest BCUT2D eigenvalue weighted by Gasteiger charge is -2.44. The number of ether oxygens (including phenoxy) is 2. The lowest BCUT2D eigenvalue weighted by Crippen LogP contribution is -2.43. The molecule has 1 fully saturated rings. The van der Waals surface area contributed by atoms with E-state index in [0.717, 1.165) is 12.8 Å². The zero-order valence-electron chi connectivity index (χ0n) is 20.3. The fraction of sp³-hybridized carbons (Fsp3) is 0.760. The highest BCUT2D eigenvalue weighted by atomic mass is 17.0. The number of rotatable bonds is 8. The van der Waals surface area contributed by atoms with E-state index in [9.17, 15) is 19.7 Å². The lowest BCUT2D eigenvalue weighted by molar-refractivity contribution is -0.769. The molecule has 0 N–H and O–H groups in total. The van der Waals surface area contributed by atoms with Gasteiger partial charge in [-0.15, -0.1) is 10.1 Å². The molecular weight excluding hydrogens is 426 g/mol. The first-order valence-corrected chi connectivity index (χ1v) is 12.1. The number of nitrogens with zero attached hydrogens (tertiary/aromatic N) is 1. The van der Waals surface area contributed by atoms with Crippen molar-refractivity contribution in [2.24, 2.45) is 29.1 Å². The smallest absolute Gasteiger partial charge is 0.311 e. The van der Waals surface area contributed by atoms with Crippen LogP contribution in [0.15, 0.2) is 23.8 Å². The average Bonchev–Trinajstić information content (AvgIpc) is 2.72. The molecule has 0 aromatic carbocycles. The Morgan fingerprint density at radius 1 is 1.27 bits per heavy atom. The molecule has 0 saturated carbocycles. The Morgan fingerprint density at radius 2 is 2.00 bits per heavy atom. The van der Waals surface area contributed by atoms with Crippen LogP contribution in [0.1, 0.15) is 73.1 Å². The Hall–Kier alpha value is -2.38. The van der Waals surface area contributed by atoms with Gasteiger partial charge in [-0.05, 0) is 62.9 Å². The van der Waals surface area contributed by atoms with Crippen LogP contribution in [0, 0.1) is 39.2 Å². The third-order valence-corrected chi connectivity index (χ3v) is 7.57. The van der Waals surface area contributed by atoms with Crippen LogP contribution in [0.25, 0.3) is 0 Å². The quantitative estimate of drug-likeness (QED) is 0.289. The Morgan fingerprint density at radius 3 is 2.67 bits per heavy atom. The second-order valence-corrected chi connectivity index (χ2v) is 10.5. The van der Waals surface area contributed by atoms with E-state index < -0.39 is 28.7 Å². The first-order chi connectivity index (χ1) is 15.5. The minimum absolute atomic E-state index is 0.0860. The van der Waals surface area contributed by atoms with E-state index in [2.05, 4.69) is 36.9 Å². The second kappa shape index (κ2) is 10.3. The van der Waals surface area contributed by atoms with Gasteiger partial charge in [-0.2, -0.15) is 0 Å². The minimum Gasteiger partial charge on any atom is -0.462 e. The van der Waals surface area contributed by atoms with Crippen LogP contribution < -0.4 is 0 Å². The molecule has 8 heteroatoms. The summed E-state index contributed by atoms with van der Waals surface area (Å²) in [6.07, 6.45) is 8.33. The summed E-state index contributed by atoms with van der Waals surface area (Å²) in [6, 6.07) is 0. The zero-order valence-corrected chi connectivity index (χ0v) is 20.3. The van der Waals surface area contributed by atoms with E-state index in [1.54, 1.807) is 0 Å². The minimum atomic E-state index is -0.842. The summed E-state index contributed by atoms with van der Waals surface area (Å²) in [6.45, 7) is 10.1. The molecule has 3 aliphatic rings. The van der Waals surface area contributed by atoms with Crippen molar-refractivity contribution in [2.45, 2.75) is 91.5 Å². The third kappa shape index (κ3) is 6.15. The summed E-state index contributed by atoms with van der Waals surface area (Å²) >= 11 is 0. The van der Waals surface area contributed by atoms with Crippen LogP contribution >= 0.6 is 0 Å².